The molecule has 5 nitrogen and oxygen atoms in total. The van der Waals surface area contributed by atoms with Gasteiger partial charge in [-0.05, 0) is 25.2 Å². The van der Waals surface area contributed by atoms with Crippen molar-refractivity contribution in [3.8, 4) is 0 Å². The molecule has 6 heteroatoms. The molecule has 0 amide bonds. The Morgan fingerprint density at radius 1 is 0.818 bits per heavy atom. The summed E-state index contributed by atoms with van der Waals surface area (Å²) in [6.45, 7) is 8.21. The minimum absolute atomic E-state index is 0.254. The predicted octanol–water partition coefficient (Wildman–Crippen LogP) is 2.64. The van der Waals surface area contributed by atoms with Crippen LogP contribution in [0, 0.1) is 5.92 Å². The lowest BCUT2D eigenvalue weighted by Crippen LogP contribution is -2.14. The molecule has 0 spiro atoms. The summed E-state index contributed by atoms with van der Waals surface area (Å²) < 4.78 is 37.1. The molecule has 0 aliphatic rings. The molecule has 0 radical (unpaired) electrons. The van der Waals surface area contributed by atoms with Gasteiger partial charge >= 0.3 is 0 Å². The molecule has 0 aliphatic carbocycles. The first kappa shape index (κ1) is 21.8. The average Bonchev–Trinajstić information content (AvgIpc) is 2.51. The lowest BCUT2D eigenvalue weighted by Gasteiger charge is -2.14. The summed E-state index contributed by atoms with van der Waals surface area (Å²) >= 11 is 0. The molecule has 0 rings (SSSR count). The third-order valence-electron chi connectivity index (χ3n) is 3.52. The summed E-state index contributed by atoms with van der Waals surface area (Å²) in [6, 6.07) is 0. The summed E-state index contributed by atoms with van der Waals surface area (Å²) in [5.41, 5.74) is 0. The summed E-state index contributed by atoms with van der Waals surface area (Å²) in [6.07, 6.45) is 6.40. The standard InChI is InChI=1S/C16H34O5S/c1-3-5-8-16(4-2)15-21-13-12-20-11-10-19-9-6-7-14-22(17)18/h16,22H,3-15H2,1-2H3. The Hall–Kier alpha value is -0.170. The number of rotatable bonds is 17. The van der Waals surface area contributed by atoms with Crippen LogP contribution in [0.4, 0.5) is 0 Å². The zero-order valence-electron chi connectivity index (χ0n) is 14.3. The van der Waals surface area contributed by atoms with Crippen LogP contribution in [0.5, 0.6) is 0 Å². The maximum atomic E-state index is 10.3. The molecule has 0 aromatic heterocycles. The highest BCUT2D eigenvalue weighted by Crippen LogP contribution is 2.12. The number of hydrogen-bond donors (Lipinski definition) is 1. The Bertz CT molecular complexity index is 286. The molecular formula is C16H34O5S. The van der Waals surface area contributed by atoms with Crippen molar-refractivity contribution in [1.29, 1.82) is 0 Å². The molecule has 0 aromatic rings. The van der Waals surface area contributed by atoms with Crippen molar-refractivity contribution in [2.24, 2.45) is 5.92 Å². The second-order valence-electron chi connectivity index (χ2n) is 5.48. The largest absolute Gasteiger partial charge is 0.379 e. The zero-order valence-corrected chi connectivity index (χ0v) is 15.2. The van der Waals surface area contributed by atoms with Crippen molar-refractivity contribution in [3.05, 3.63) is 0 Å². The van der Waals surface area contributed by atoms with Gasteiger partial charge in [0.25, 0.3) is 0 Å². The molecule has 1 atom stereocenters. The third kappa shape index (κ3) is 16.2. The van der Waals surface area contributed by atoms with Crippen LogP contribution in [0.25, 0.3) is 0 Å². The Labute approximate surface area is 137 Å². The Kier molecular flexibility index (Phi) is 17.1. The van der Waals surface area contributed by atoms with Crippen LogP contribution in [-0.2, 0) is 24.9 Å². The Morgan fingerprint density at radius 2 is 1.45 bits per heavy atom. The number of unbranched alkanes of at least 4 members (excludes halogenated alkanes) is 2. The normalized spacial score (nSPS) is 12.9. The van der Waals surface area contributed by atoms with E-state index < -0.39 is 10.7 Å². The molecule has 134 valence electrons. The van der Waals surface area contributed by atoms with E-state index in [1.165, 1.54) is 25.7 Å². The van der Waals surface area contributed by atoms with Crippen molar-refractivity contribution >= 4 is 10.7 Å². The topological polar surface area (TPSA) is 61.8 Å². The van der Waals surface area contributed by atoms with E-state index in [9.17, 15) is 8.42 Å². The van der Waals surface area contributed by atoms with E-state index in [0.29, 0.717) is 45.4 Å². The zero-order chi connectivity index (χ0) is 16.5. The fraction of sp³-hybridized carbons (Fsp3) is 1.00. The van der Waals surface area contributed by atoms with E-state index in [4.69, 9.17) is 14.2 Å². The average molecular weight is 339 g/mol. The van der Waals surface area contributed by atoms with E-state index in [1.54, 1.807) is 0 Å². The fourth-order valence-corrected chi connectivity index (χ4v) is 2.51. The van der Waals surface area contributed by atoms with Crippen molar-refractivity contribution in [2.45, 2.75) is 52.4 Å². The first-order valence-corrected chi connectivity index (χ1v) is 9.92. The molecule has 0 heterocycles. The maximum absolute atomic E-state index is 10.3. The summed E-state index contributed by atoms with van der Waals surface area (Å²) in [5, 5.41) is 0. The van der Waals surface area contributed by atoms with Crippen molar-refractivity contribution in [3.63, 3.8) is 0 Å². The SMILES string of the molecule is CCCCC(CC)COCCOCCOCCCC[SH](=O)=O. The van der Waals surface area contributed by atoms with Gasteiger partial charge in [0.1, 0.15) is 10.7 Å². The quantitative estimate of drug-likeness (QED) is 0.326. The van der Waals surface area contributed by atoms with Crippen LogP contribution in [0.3, 0.4) is 0 Å². The van der Waals surface area contributed by atoms with Crippen LogP contribution in [-0.4, -0.2) is 53.8 Å². The van der Waals surface area contributed by atoms with Gasteiger partial charge < -0.3 is 14.2 Å². The molecule has 0 bridgehead atoms. The highest BCUT2D eigenvalue weighted by Gasteiger charge is 2.05. The van der Waals surface area contributed by atoms with Gasteiger partial charge in [-0.25, -0.2) is 8.42 Å². The van der Waals surface area contributed by atoms with Crippen LogP contribution in [0.15, 0.2) is 0 Å². The summed E-state index contributed by atoms with van der Waals surface area (Å²) in [5.74, 6) is 0.927. The lowest BCUT2D eigenvalue weighted by molar-refractivity contribution is 0.00588. The van der Waals surface area contributed by atoms with Crippen LogP contribution in [0.1, 0.15) is 52.4 Å². The van der Waals surface area contributed by atoms with Crippen LogP contribution < -0.4 is 0 Å². The van der Waals surface area contributed by atoms with Crippen molar-refractivity contribution < 1.29 is 22.6 Å². The highest BCUT2D eigenvalue weighted by molar-refractivity contribution is 7.72. The van der Waals surface area contributed by atoms with Gasteiger partial charge in [-0.15, -0.1) is 0 Å². The number of hydrogen-bond acceptors (Lipinski definition) is 5. The maximum Gasteiger partial charge on any atom is 0.140 e. The molecule has 22 heavy (non-hydrogen) atoms. The molecule has 0 aliphatic heterocycles. The highest BCUT2D eigenvalue weighted by atomic mass is 32.2. The molecule has 1 unspecified atom stereocenters. The van der Waals surface area contributed by atoms with E-state index in [1.807, 2.05) is 0 Å². The van der Waals surface area contributed by atoms with Gasteiger partial charge in [0.05, 0.1) is 26.4 Å². The monoisotopic (exact) mass is 338 g/mol. The van der Waals surface area contributed by atoms with Crippen molar-refractivity contribution in [2.75, 3.05) is 45.4 Å². The van der Waals surface area contributed by atoms with Gasteiger partial charge in [-0.1, -0.05) is 33.1 Å². The fourth-order valence-electron chi connectivity index (χ4n) is 2.03. The second-order valence-corrected chi connectivity index (χ2v) is 6.59. The smallest absolute Gasteiger partial charge is 0.140 e. The minimum Gasteiger partial charge on any atom is -0.379 e. The Morgan fingerprint density at radius 3 is 2.05 bits per heavy atom. The molecular weight excluding hydrogens is 304 g/mol. The molecule has 0 N–H and O–H groups in total. The number of thiol groups is 1. The van der Waals surface area contributed by atoms with Gasteiger partial charge in [-0.3, -0.25) is 0 Å². The first-order chi connectivity index (χ1) is 10.7. The van der Waals surface area contributed by atoms with Gasteiger partial charge in [0.15, 0.2) is 0 Å². The summed E-state index contributed by atoms with van der Waals surface area (Å²) in [4.78, 5) is 0. The minimum atomic E-state index is -2.24. The lowest BCUT2D eigenvalue weighted by atomic mass is 10.0. The van der Waals surface area contributed by atoms with E-state index in [0.717, 1.165) is 13.0 Å². The Balaban J connectivity index is 3.19. The van der Waals surface area contributed by atoms with Crippen LogP contribution >= 0.6 is 0 Å². The first-order valence-electron chi connectivity index (χ1n) is 8.55. The molecule has 0 saturated heterocycles. The summed E-state index contributed by atoms with van der Waals surface area (Å²) in [7, 11) is -2.24. The van der Waals surface area contributed by atoms with E-state index in [2.05, 4.69) is 13.8 Å². The van der Waals surface area contributed by atoms with Gasteiger partial charge in [-0.2, -0.15) is 0 Å². The predicted molar refractivity (Wildman–Crippen MR) is 90.2 cm³/mol. The molecule has 0 fully saturated rings. The third-order valence-corrected chi connectivity index (χ3v) is 4.20. The van der Waals surface area contributed by atoms with E-state index in [-0.39, 0.29) is 5.75 Å². The number of ether oxygens (including phenoxy) is 3. The van der Waals surface area contributed by atoms with Gasteiger partial charge in [0, 0.05) is 19.0 Å². The molecule has 0 aromatic carbocycles. The van der Waals surface area contributed by atoms with Crippen molar-refractivity contribution in [1.82, 2.24) is 0 Å². The van der Waals surface area contributed by atoms with E-state index >= 15 is 0 Å². The molecule has 0 saturated carbocycles. The van der Waals surface area contributed by atoms with Gasteiger partial charge in [0.2, 0.25) is 0 Å². The second kappa shape index (κ2) is 17.2. The van der Waals surface area contributed by atoms with Crippen LogP contribution in [0.2, 0.25) is 0 Å².